The average Bonchev–Trinajstić information content (AvgIpc) is 3.80. The topological polar surface area (TPSA) is 145 Å². The lowest BCUT2D eigenvalue weighted by molar-refractivity contribution is -0.668. The van der Waals surface area contributed by atoms with Crippen LogP contribution in [0.4, 0.5) is 5.69 Å². The smallest absolute Gasteiger partial charge is 0.268 e. The lowest BCUT2D eigenvalue weighted by Gasteiger charge is -2.23. The number of thioether (sulfide) groups is 1. The second-order valence-electron chi connectivity index (χ2n) is 12.3. The lowest BCUT2D eigenvalue weighted by Crippen LogP contribution is -2.37. The number of amides is 1. The van der Waals surface area contributed by atoms with Gasteiger partial charge in [-0.2, -0.15) is 33.2 Å². The molecule has 4 aromatic rings. The van der Waals surface area contributed by atoms with E-state index in [1.807, 2.05) is 86.1 Å². The summed E-state index contributed by atoms with van der Waals surface area (Å²) in [6, 6.07) is 15.4. The minimum atomic E-state index is -4.19. The molecule has 0 saturated carbocycles. The SMILES string of the molecule is O=C(c1ccc2sc(C=C3Oc4ccc(-c5cccs5)cc4N3CCCS(=O)(=O)O)[n+](CCCS(=O)(=O)O)c2c1)N1CCCCSCCCC1. The first kappa shape index (κ1) is 36.8. The van der Waals surface area contributed by atoms with E-state index in [2.05, 4.69) is 0 Å². The number of carbonyl (C=O) groups excluding carboxylic acids is 1. The number of anilines is 1. The summed E-state index contributed by atoms with van der Waals surface area (Å²) in [4.78, 5) is 18.7. The third-order valence-electron chi connectivity index (χ3n) is 8.55. The molecule has 11 nitrogen and oxygen atoms in total. The van der Waals surface area contributed by atoms with Gasteiger partial charge >= 0.3 is 0 Å². The van der Waals surface area contributed by atoms with Crippen molar-refractivity contribution in [3.63, 3.8) is 0 Å². The van der Waals surface area contributed by atoms with Crippen LogP contribution in [-0.4, -0.2) is 79.4 Å². The Morgan fingerprint density at radius 1 is 0.920 bits per heavy atom. The zero-order chi connectivity index (χ0) is 35.3. The Kier molecular flexibility index (Phi) is 11.9. The van der Waals surface area contributed by atoms with Crippen LogP contribution in [0.3, 0.4) is 0 Å². The normalized spacial score (nSPS) is 16.9. The van der Waals surface area contributed by atoms with Gasteiger partial charge in [-0.15, -0.1) is 11.3 Å². The van der Waals surface area contributed by atoms with Gasteiger partial charge in [0.25, 0.3) is 31.2 Å². The summed E-state index contributed by atoms with van der Waals surface area (Å²) in [6.07, 6.45) is 6.15. The number of aromatic nitrogens is 1. The highest BCUT2D eigenvalue weighted by atomic mass is 32.2. The maximum atomic E-state index is 13.8. The van der Waals surface area contributed by atoms with Crippen LogP contribution >= 0.6 is 34.4 Å². The van der Waals surface area contributed by atoms with Gasteiger partial charge in [-0.1, -0.05) is 17.4 Å². The maximum absolute atomic E-state index is 13.8. The van der Waals surface area contributed by atoms with Crippen molar-refractivity contribution in [3.05, 3.63) is 70.4 Å². The molecule has 2 aromatic heterocycles. The van der Waals surface area contributed by atoms with Crippen LogP contribution < -0.4 is 14.2 Å². The molecule has 0 aliphatic carbocycles. The number of hydrogen-bond acceptors (Lipinski definition) is 10. The Morgan fingerprint density at radius 3 is 2.36 bits per heavy atom. The number of hydrogen-bond donors (Lipinski definition) is 2. The first-order chi connectivity index (χ1) is 23.9. The van der Waals surface area contributed by atoms with E-state index in [1.54, 1.807) is 11.3 Å². The van der Waals surface area contributed by atoms with Gasteiger partial charge < -0.3 is 14.5 Å². The molecule has 50 heavy (non-hydrogen) atoms. The predicted octanol–water partition coefficient (Wildman–Crippen LogP) is 6.42. The van der Waals surface area contributed by atoms with Gasteiger partial charge in [0.05, 0.1) is 23.3 Å². The van der Waals surface area contributed by atoms with Crippen molar-refractivity contribution in [2.75, 3.05) is 47.5 Å². The molecule has 16 heteroatoms. The lowest BCUT2D eigenvalue weighted by atomic mass is 10.1. The fraction of sp³-hybridized carbons (Fsp3) is 0.412. The highest BCUT2D eigenvalue weighted by Crippen LogP contribution is 2.43. The van der Waals surface area contributed by atoms with Gasteiger partial charge in [-0.3, -0.25) is 13.9 Å². The van der Waals surface area contributed by atoms with E-state index in [0.29, 0.717) is 30.3 Å². The van der Waals surface area contributed by atoms with Crippen LogP contribution in [0.25, 0.3) is 26.7 Å². The molecule has 0 bridgehead atoms. The van der Waals surface area contributed by atoms with Crippen molar-refractivity contribution in [1.29, 1.82) is 0 Å². The van der Waals surface area contributed by atoms with Crippen LogP contribution in [-0.2, 0) is 26.8 Å². The quantitative estimate of drug-likeness (QED) is 0.129. The van der Waals surface area contributed by atoms with Crippen molar-refractivity contribution in [3.8, 4) is 16.2 Å². The Balaban J connectivity index is 1.37. The van der Waals surface area contributed by atoms with Crippen molar-refractivity contribution in [2.24, 2.45) is 0 Å². The summed E-state index contributed by atoms with van der Waals surface area (Å²) in [7, 11) is -8.37. The molecule has 4 heterocycles. The van der Waals surface area contributed by atoms with Crippen molar-refractivity contribution < 1.29 is 40.0 Å². The van der Waals surface area contributed by atoms with Crippen LogP contribution in [0.5, 0.6) is 5.75 Å². The van der Waals surface area contributed by atoms with Crippen LogP contribution in [0, 0.1) is 0 Å². The highest BCUT2D eigenvalue weighted by Gasteiger charge is 2.30. The van der Waals surface area contributed by atoms with Crippen molar-refractivity contribution >= 4 is 82.6 Å². The van der Waals surface area contributed by atoms with Gasteiger partial charge in [0.2, 0.25) is 11.4 Å². The molecule has 0 unspecified atom stereocenters. The Hall–Kier alpha value is -2.99. The summed E-state index contributed by atoms with van der Waals surface area (Å²) in [5, 5.41) is 2.71. The summed E-state index contributed by atoms with van der Waals surface area (Å²) >= 11 is 5.03. The zero-order valence-corrected chi connectivity index (χ0v) is 31.5. The van der Waals surface area contributed by atoms with Gasteiger partial charge in [-0.25, -0.2) is 0 Å². The number of aryl methyl sites for hydroxylation is 1. The minimum Gasteiger partial charge on any atom is -0.438 e. The number of rotatable bonds is 11. The number of thiophene rings is 1. The largest absolute Gasteiger partial charge is 0.438 e. The molecule has 2 aliphatic rings. The van der Waals surface area contributed by atoms with E-state index < -0.39 is 31.7 Å². The number of nitrogens with zero attached hydrogens (tertiary/aromatic N) is 3. The molecule has 1 fully saturated rings. The maximum Gasteiger partial charge on any atom is 0.268 e. The second kappa shape index (κ2) is 16.1. The first-order valence-corrected chi connectivity index (χ1v) is 22.6. The number of carbonyl (C=O) groups is 1. The molecule has 0 radical (unpaired) electrons. The summed E-state index contributed by atoms with van der Waals surface area (Å²) < 4.78 is 74.6. The minimum absolute atomic E-state index is 0.0307. The average molecular weight is 779 g/mol. The van der Waals surface area contributed by atoms with E-state index in [1.165, 1.54) is 11.3 Å². The van der Waals surface area contributed by atoms with E-state index in [-0.39, 0.29) is 31.8 Å². The first-order valence-electron chi connectivity index (χ1n) is 16.5. The fourth-order valence-electron chi connectivity index (χ4n) is 6.14. The van der Waals surface area contributed by atoms with Crippen LogP contribution in [0.1, 0.15) is 53.9 Å². The monoisotopic (exact) mass is 778 g/mol. The summed E-state index contributed by atoms with van der Waals surface area (Å²) in [5.41, 5.74) is 3.05. The zero-order valence-electron chi connectivity index (χ0n) is 27.4. The molecular weight excluding hydrogens is 739 g/mol. The Morgan fingerprint density at radius 2 is 1.66 bits per heavy atom. The molecule has 268 valence electrons. The summed E-state index contributed by atoms with van der Waals surface area (Å²) in [6.45, 7) is 1.89. The summed E-state index contributed by atoms with van der Waals surface area (Å²) in [5.74, 6) is 2.37. The van der Waals surface area contributed by atoms with E-state index in [9.17, 15) is 30.7 Å². The second-order valence-corrected chi connectivity index (χ2v) is 18.6. The number of thiazole rings is 1. The fourth-order valence-corrected chi connectivity index (χ4v) is 9.96. The number of ether oxygens (including phenoxy) is 1. The molecule has 2 aliphatic heterocycles. The number of fused-ring (bicyclic) bond motifs is 2. The van der Waals surface area contributed by atoms with E-state index >= 15 is 0 Å². The molecular formula is C34H40N3O8S5+. The van der Waals surface area contributed by atoms with Gasteiger partial charge in [-0.05, 0) is 91.0 Å². The van der Waals surface area contributed by atoms with Crippen molar-refractivity contribution in [1.82, 2.24) is 4.90 Å². The van der Waals surface area contributed by atoms with Gasteiger partial charge in [0, 0.05) is 42.6 Å². The van der Waals surface area contributed by atoms with Crippen LogP contribution in [0.2, 0.25) is 0 Å². The van der Waals surface area contributed by atoms with Gasteiger partial charge in [0.15, 0.2) is 12.3 Å². The highest BCUT2D eigenvalue weighted by molar-refractivity contribution is 7.99. The molecule has 2 N–H and O–H groups in total. The van der Waals surface area contributed by atoms with E-state index in [4.69, 9.17) is 4.74 Å². The molecule has 6 rings (SSSR count). The van der Waals surface area contributed by atoms with Crippen LogP contribution in [0.15, 0.2) is 59.8 Å². The molecule has 0 spiro atoms. The van der Waals surface area contributed by atoms with Crippen molar-refractivity contribution in [2.45, 2.75) is 45.1 Å². The van der Waals surface area contributed by atoms with E-state index in [0.717, 1.165) is 68.5 Å². The third kappa shape index (κ3) is 9.46. The third-order valence-corrected chi connectivity index (χ3v) is 13.3. The standard InChI is InChI=1S/C34H39N3O8S5/c38-34(35-13-1-3-17-46-18-4-2-14-35)26-10-12-31-28(23-26)37(16-7-21-50(42,43)44)33(48-31)24-32-36(15-6-20-49(39,40)41)27-22-25(9-11-29(27)45-32)30-8-5-19-47-30/h5,8-12,19,22-24H,1-4,6-7,13-18,20-21H2,(H-,39,40,41,42,43,44)/p+1. The Bertz CT molecular complexity index is 2070. The van der Waals surface area contributed by atoms with Gasteiger partial charge in [0.1, 0.15) is 4.70 Å². The Labute approximate surface area is 305 Å². The predicted molar refractivity (Wildman–Crippen MR) is 201 cm³/mol. The molecule has 1 amide bonds. The molecule has 1 saturated heterocycles. The molecule has 0 atom stereocenters. The molecule has 2 aromatic carbocycles. The number of benzene rings is 2.